The average molecular weight is 239 g/mol. The zero-order valence-electron chi connectivity index (χ0n) is 10.0. The van der Waals surface area contributed by atoms with Gasteiger partial charge in [-0.25, -0.2) is 4.39 Å². The van der Waals surface area contributed by atoms with Crippen LogP contribution in [0.4, 0.5) is 4.39 Å². The van der Waals surface area contributed by atoms with Crippen molar-refractivity contribution in [2.75, 3.05) is 20.2 Å². The number of rotatable bonds is 3. The lowest BCUT2D eigenvalue weighted by molar-refractivity contribution is 0.347. The summed E-state index contributed by atoms with van der Waals surface area (Å²) in [7, 11) is 1.47. The average Bonchev–Trinajstić information content (AvgIpc) is 2.36. The fourth-order valence-electron chi connectivity index (χ4n) is 2.34. The molecule has 0 radical (unpaired) electrons. The van der Waals surface area contributed by atoms with Crippen molar-refractivity contribution in [3.63, 3.8) is 0 Å². The standard InChI is InChI=1S/C13H18FNO2/c1-17-12-5-4-11(14)10(13(12)16)7-9-3-2-6-15-8-9/h4-5,9,15-16H,2-3,6-8H2,1H3. The summed E-state index contributed by atoms with van der Waals surface area (Å²) in [5, 5.41) is 13.2. The Morgan fingerprint density at radius 3 is 3.00 bits per heavy atom. The first-order chi connectivity index (χ1) is 8.22. The highest BCUT2D eigenvalue weighted by Crippen LogP contribution is 2.34. The van der Waals surface area contributed by atoms with E-state index in [1.165, 1.54) is 19.2 Å². The van der Waals surface area contributed by atoms with Crippen LogP contribution in [0.25, 0.3) is 0 Å². The molecule has 0 bridgehead atoms. The third-order valence-electron chi connectivity index (χ3n) is 3.30. The third kappa shape index (κ3) is 2.69. The molecule has 1 aromatic rings. The van der Waals surface area contributed by atoms with Crippen LogP contribution in [0.3, 0.4) is 0 Å². The second kappa shape index (κ2) is 5.36. The van der Waals surface area contributed by atoms with Crippen molar-refractivity contribution >= 4 is 0 Å². The monoisotopic (exact) mass is 239 g/mol. The molecular formula is C13H18FNO2. The van der Waals surface area contributed by atoms with E-state index >= 15 is 0 Å². The van der Waals surface area contributed by atoms with E-state index in [-0.39, 0.29) is 11.6 Å². The minimum Gasteiger partial charge on any atom is -0.504 e. The molecule has 0 aromatic heterocycles. The van der Waals surface area contributed by atoms with Gasteiger partial charge in [-0.05, 0) is 50.4 Å². The van der Waals surface area contributed by atoms with Crippen LogP contribution in [0, 0.1) is 11.7 Å². The van der Waals surface area contributed by atoms with Crippen molar-refractivity contribution in [3.8, 4) is 11.5 Å². The summed E-state index contributed by atoms with van der Waals surface area (Å²) in [4.78, 5) is 0. The van der Waals surface area contributed by atoms with E-state index in [2.05, 4.69) is 5.32 Å². The summed E-state index contributed by atoms with van der Waals surface area (Å²) in [6.07, 6.45) is 2.74. The Labute approximate surface area is 101 Å². The molecule has 2 N–H and O–H groups in total. The Kier molecular flexibility index (Phi) is 3.84. The molecule has 1 atom stereocenters. The minimum atomic E-state index is -0.353. The Balaban J connectivity index is 2.18. The maximum atomic E-state index is 13.7. The van der Waals surface area contributed by atoms with E-state index in [0.29, 0.717) is 23.7 Å². The number of nitrogens with one attached hydrogen (secondary N) is 1. The van der Waals surface area contributed by atoms with Crippen LogP contribution < -0.4 is 10.1 Å². The van der Waals surface area contributed by atoms with E-state index in [9.17, 15) is 9.50 Å². The number of phenols is 1. The molecule has 2 rings (SSSR count). The molecular weight excluding hydrogens is 221 g/mol. The molecule has 0 spiro atoms. The second-order valence-corrected chi connectivity index (χ2v) is 4.49. The Morgan fingerprint density at radius 2 is 2.35 bits per heavy atom. The van der Waals surface area contributed by atoms with Gasteiger partial charge in [0.15, 0.2) is 11.5 Å². The molecule has 17 heavy (non-hydrogen) atoms. The van der Waals surface area contributed by atoms with Crippen molar-refractivity contribution in [2.45, 2.75) is 19.3 Å². The Morgan fingerprint density at radius 1 is 1.53 bits per heavy atom. The molecule has 1 fully saturated rings. The molecule has 1 saturated heterocycles. The molecule has 0 amide bonds. The second-order valence-electron chi connectivity index (χ2n) is 4.49. The van der Waals surface area contributed by atoms with E-state index < -0.39 is 0 Å². The van der Waals surface area contributed by atoms with E-state index in [4.69, 9.17) is 4.74 Å². The molecule has 1 aromatic carbocycles. The first kappa shape index (κ1) is 12.2. The van der Waals surface area contributed by atoms with E-state index in [0.717, 1.165) is 25.9 Å². The van der Waals surface area contributed by atoms with Gasteiger partial charge in [-0.15, -0.1) is 0 Å². The number of aromatic hydroxyl groups is 1. The third-order valence-corrected chi connectivity index (χ3v) is 3.30. The van der Waals surface area contributed by atoms with Crippen LogP contribution in [-0.2, 0) is 6.42 Å². The lowest BCUT2D eigenvalue weighted by Crippen LogP contribution is -2.31. The Bertz CT molecular complexity index is 389. The number of halogens is 1. The molecule has 1 unspecified atom stereocenters. The zero-order chi connectivity index (χ0) is 12.3. The molecule has 3 nitrogen and oxygen atoms in total. The van der Waals surface area contributed by atoms with Crippen molar-refractivity contribution in [1.82, 2.24) is 5.32 Å². The van der Waals surface area contributed by atoms with Gasteiger partial charge >= 0.3 is 0 Å². The highest BCUT2D eigenvalue weighted by atomic mass is 19.1. The van der Waals surface area contributed by atoms with Crippen LogP contribution in [0.1, 0.15) is 18.4 Å². The molecule has 1 heterocycles. The van der Waals surface area contributed by atoms with Gasteiger partial charge in [0.25, 0.3) is 0 Å². The number of phenolic OH excluding ortho intramolecular Hbond substituents is 1. The summed E-state index contributed by atoms with van der Waals surface area (Å²) in [5.41, 5.74) is 0.373. The van der Waals surface area contributed by atoms with Gasteiger partial charge in [0.2, 0.25) is 0 Å². The molecule has 94 valence electrons. The van der Waals surface area contributed by atoms with Crippen molar-refractivity contribution in [3.05, 3.63) is 23.5 Å². The minimum absolute atomic E-state index is 0.0573. The predicted molar refractivity (Wildman–Crippen MR) is 63.9 cm³/mol. The fraction of sp³-hybridized carbons (Fsp3) is 0.538. The maximum absolute atomic E-state index is 13.7. The number of ether oxygens (including phenoxy) is 1. The normalized spacial score (nSPS) is 20.2. The first-order valence-electron chi connectivity index (χ1n) is 5.97. The smallest absolute Gasteiger partial charge is 0.163 e. The van der Waals surface area contributed by atoms with Crippen LogP contribution in [0.2, 0.25) is 0 Å². The van der Waals surface area contributed by atoms with Gasteiger partial charge in [-0.2, -0.15) is 0 Å². The number of methoxy groups -OCH3 is 1. The molecule has 0 aliphatic carbocycles. The fourth-order valence-corrected chi connectivity index (χ4v) is 2.34. The van der Waals surface area contributed by atoms with Gasteiger partial charge in [-0.3, -0.25) is 0 Å². The van der Waals surface area contributed by atoms with E-state index in [1.807, 2.05) is 0 Å². The van der Waals surface area contributed by atoms with Crippen LogP contribution in [0.15, 0.2) is 12.1 Å². The quantitative estimate of drug-likeness (QED) is 0.848. The summed E-state index contributed by atoms with van der Waals surface area (Å²) < 4.78 is 18.7. The largest absolute Gasteiger partial charge is 0.504 e. The lowest BCUT2D eigenvalue weighted by Gasteiger charge is -2.23. The number of hydrogen-bond donors (Lipinski definition) is 2. The van der Waals surface area contributed by atoms with Crippen LogP contribution in [0.5, 0.6) is 11.5 Å². The highest BCUT2D eigenvalue weighted by Gasteiger charge is 2.19. The topological polar surface area (TPSA) is 41.5 Å². The molecule has 1 aliphatic heterocycles. The SMILES string of the molecule is COc1ccc(F)c(CC2CCCNC2)c1O. The molecule has 4 heteroatoms. The zero-order valence-corrected chi connectivity index (χ0v) is 10.0. The van der Waals surface area contributed by atoms with Crippen molar-refractivity contribution < 1.29 is 14.2 Å². The first-order valence-corrected chi connectivity index (χ1v) is 5.97. The van der Waals surface area contributed by atoms with Gasteiger partial charge in [0.1, 0.15) is 5.82 Å². The van der Waals surface area contributed by atoms with Crippen molar-refractivity contribution in [2.24, 2.45) is 5.92 Å². The van der Waals surface area contributed by atoms with Gasteiger partial charge in [-0.1, -0.05) is 0 Å². The van der Waals surface area contributed by atoms with Gasteiger partial charge in [0, 0.05) is 5.56 Å². The summed E-state index contributed by atoms with van der Waals surface area (Å²) >= 11 is 0. The number of hydrogen-bond acceptors (Lipinski definition) is 3. The van der Waals surface area contributed by atoms with Crippen LogP contribution >= 0.6 is 0 Å². The van der Waals surface area contributed by atoms with Gasteiger partial charge in [0.05, 0.1) is 7.11 Å². The molecule has 0 saturated carbocycles. The van der Waals surface area contributed by atoms with Crippen LogP contribution in [-0.4, -0.2) is 25.3 Å². The summed E-state index contributed by atoms with van der Waals surface area (Å²) in [6, 6.07) is 2.80. The number of benzene rings is 1. The lowest BCUT2D eigenvalue weighted by atomic mass is 9.91. The summed E-state index contributed by atoms with van der Waals surface area (Å²) in [6.45, 7) is 1.92. The maximum Gasteiger partial charge on any atom is 0.163 e. The molecule has 1 aliphatic rings. The van der Waals surface area contributed by atoms with Crippen molar-refractivity contribution in [1.29, 1.82) is 0 Å². The van der Waals surface area contributed by atoms with Gasteiger partial charge < -0.3 is 15.2 Å². The highest BCUT2D eigenvalue weighted by molar-refractivity contribution is 5.46. The van der Waals surface area contributed by atoms with E-state index in [1.54, 1.807) is 0 Å². The predicted octanol–water partition coefficient (Wildman–Crippen LogP) is 2.08. The Hall–Kier alpha value is -1.29. The summed E-state index contributed by atoms with van der Waals surface area (Å²) in [5.74, 6) is 0.313. The number of piperidine rings is 1.